The molecule has 0 heterocycles. The van der Waals surface area contributed by atoms with Crippen molar-refractivity contribution in [3.8, 4) is 11.1 Å². The van der Waals surface area contributed by atoms with E-state index in [4.69, 9.17) is 0 Å². The molecule has 0 saturated heterocycles. The van der Waals surface area contributed by atoms with Crippen LogP contribution in [0.2, 0.25) is 0 Å². The lowest BCUT2D eigenvalue weighted by Gasteiger charge is -2.05. The van der Waals surface area contributed by atoms with E-state index < -0.39 is 0 Å². The lowest BCUT2D eigenvalue weighted by molar-refractivity contribution is -0.119. The molecule has 0 aliphatic rings. The smallest absolute Gasteiger partial charge is 0.224 e. The monoisotopic (exact) mass is 225 g/mol. The Morgan fingerprint density at radius 1 is 1.00 bits per heavy atom. The van der Waals surface area contributed by atoms with Crippen molar-refractivity contribution < 1.29 is 4.79 Å². The second-order valence-electron chi connectivity index (χ2n) is 3.92. The zero-order chi connectivity index (χ0) is 12.1. The number of benzene rings is 2. The van der Waals surface area contributed by atoms with Gasteiger partial charge < -0.3 is 5.32 Å². The van der Waals surface area contributed by atoms with Gasteiger partial charge in [-0.1, -0.05) is 54.6 Å². The van der Waals surface area contributed by atoms with Crippen LogP contribution < -0.4 is 5.32 Å². The first-order valence-electron chi connectivity index (χ1n) is 5.64. The van der Waals surface area contributed by atoms with Crippen molar-refractivity contribution >= 4 is 5.91 Å². The Bertz CT molecular complexity index is 505. The minimum absolute atomic E-state index is 0.0372. The number of carbonyl (C=O) groups excluding carboxylic acids is 1. The summed E-state index contributed by atoms with van der Waals surface area (Å²) in [6.07, 6.45) is 0.428. The number of hydrogen-bond acceptors (Lipinski definition) is 1. The lowest BCUT2D eigenvalue weighted by Crippen LogP contribution is -2.19. The van der Waals surface area contributed by atoms with Crippen LogP contribution in [0.3, 0.4) is 0 Å². The number of amides is 1. The fraction of sp³-hybridized carbons (Fsp3) is 0.133. The van der Waals surface area contributed by atoms with Crippen LogP contribution in [-0.2, 0) is 11.2 Å². The lowest BCUT2D eigenvalue weighted by atomic mass is 10.0. The highest BCUT2D eigenvalue weighted by Crippen LogP contribution is 2.20. The van der Waals surface area contributed by atoms with E-state index in [1.54, 1.807) is 7.05 Å². The molecule has 0 fully saturated rings. The molecule has 2 aromatic carbocycles. The average Bonchev–Trinajstić information content (AvgIpc) is 2.40. The van der Waals surface area contributed by atoms with Gasteiger partial charge in [0.2, 0.25) is 5.91 Å². The number of rotatable bonds is 3. The van der Waals surface area contributed by atoms with Crippen LogP contribution in [0.25, 0.3) is 11.1 Å². The Morgan fingerprint density at radius 2 is 1.71 bits per heavy atom. The summed E-state index contributed by atoms with van der Waals surface area (Å²) in [6.45, 7) is 0. The van der Waals surface area contributed by atoms with Crippen molar-refractivity contribution in [1.29, 1.82) is 0 Å². The topological polar surface area (TPSA) is 29.1 Å². The van der Waals surface area contributed by atoms with Gasteiger partial charge in [0, 0.05) is 7.05 Å². The van der Waals surface area contributed by atoms with Crippen LogP contribution in [0, 0.1) is 0 Å². The number of likely N-dealkylation sites (N-methyl/N-ethyl adjacent to an activating group) is 1. The molecule has 2 heteroatoms. The predicted octanol–water partition coefficient (Wildman–Crippen LogP) is 2.64. The first-order chi connectivity index (χ1) is 8.29. The summed E-state index contributed by atoms with van der Waals surface area (Å²) in [6, 6.07) is 18.2. The van der Waals surface area contributed by atoms with Crippen molar-refractivity contribution in [3.05, 3.63) is 60.2 Å². The first-order valence-corrected chi connectivity index (χ1v) is 5.64. The van der Waals surface area contributed by atoms with Crippen molar-refractivity contribution in [3.63, 3.8) is 0 Å². The van der Waals surface area contributed by atoms with Crippen LogP contribution in [0.4, 0.5) is 0 Å². The summed E-state index contributed by atoms with van der Waals surface area (Å²) in [5.74, 6) is 0.0372. The largest absolute Gasteiger partial charge is 0.359 e. The molecule has 0 aliphatic heterocycles. The van der Waals surface area contributed by atoms with Gasteiger partial charge in [-0.15, -0.1) is 0 Å². The molecule has 0 atom stereocenters. The van der Waals surface area contributed by atoms with Crippen molar-refractivity contribution in [1.82, 2.24) is 5.32 Å². The molecular formula is C15H15NO. The molecule has 1 N–H and O–H groups in total. The molecule has 2 aromatic rings. The van der Waals surface area contributed by atoms with E-state index in [0.717, 1.165) is 11.1 Å². The second-order valence-corrected chi connectivity index (χ2v) is 3.92. The standard InChI is InChI=1S/C15H15NO/c1-16-15(17)11-12-6-5-9-14(10-12)13-7-3-2-4-8-13/h2-10H,11H2,1H3,(H,16,17). The third-order valence-corrected chi connectivity index (χ3v) is 2.68. The molecule has 1 amide bonds. The zero-order valence-electron chi connectivity index (χ0n) is 9.81. The molecule has 0 aromatic heterocycles. The average molecular weight is 225 g/mol. The van der Waals surface area contributed by atoms with Crippen molar-refractivity contribution in [2.45, 2.75) is 6.42 Å². The van der Waals surface area contributed by atoms with Gasteiger partial charge in [-0.2, -0.15) is 0 Å². The van der Waals surface area contributed by atoms with E-state index >= 15 is 0 Å². The van der Waals surface area contributed by atoms with Crippen LogP contribution >= 0.6 is 0 Å². The SMILES string of the molecule is CNC(=O)Cc1cccc(-c2ccccc2)c1. The van der Waals surface area contributed by atoms with Crippen LogP contribution in [0.5, 0.6) is 0 Å². The second kappa shape index (κ2) is 5.30. The minimum atomic E-state index is 0.0372. The quantitative estimate of drug-likeness (QED) is 0.854. The van der Waals surface area contributed by atoms with Gasteiger partial charge in [0.1, 0.15) is 0 Å². The van der Waals surface area contributed by atoms with Crippen LogP contribution in [0.1, 0.15) is 5.56 Å². The Hall–Kier alpha value is -2.09. The molecule has 0 radical (unpaired) electrons. The van der Waals surface area contributed by atoms with E-state index in [9.17, 15) is 4.79 Å². The Kier molecular flexibility index (Phi) is 3.55. The molecule has 0 saturated carbocycles. The summed E-state index contributed by atoms with van der Waals surface area (Å²) in [4.78, 5) is 11.3. The van der Waals surface area contributed by atoms with E-state index in [1.165, 1.54) is 5.56 Å². The zero-order valence-corrected chi connectivity index (χ0v) is 9.81. The van der Waals surface area contributed by atoms with E-state index in [1.807, 2.05) is 30.3 Å². The molecule has 2 nitrogen and oxygen atoms in total. The molecule has 0 spiro atoms. The Labute approximate surface area is 101 Å². The molecule has 2 rings (SSSR count). The van der Waals surface area contributed by atoms with Crippen molar-refractivity contribution in [2.75, 3.05) is 7.05 Å². The normalized spacial score (nSPS) is 9.94. The van der Waals surface area contributed by atoms with Gasteiger partial charge in [-0.05, 0) is 16.7 Å². The fourth-order valence-corrected chi connectivity index (χ4v) is 1.77. The maximum Gasteiger partial charge on any atom is 0.224 e. The van der Waals surface area contributed by atoms with Crippen LogP contribution in [0.15, 0.2) is 54.6 Å². The van der Waals surface area contributed by atoms with Gasteiger partial charge in [0.15, 0.2) is 0 Å². The maximum absolute atomic E-state index is 11.3. The van der Waals surface area contributed by atoms with Gasteiger partial charge in [0.05, 0.1) is 6.42 Å². The highest BCUT2D eigenvalue weighted by Gasteiger charge is 2.02. The summed E-state index contributed by atoms with van der Waals surface area (Å²) in [5.41, 5.74) is 3.35. The Balaban J connectivity index is 2.26. The first kappa shape index (κ1) is 11.4. The molecule has 0 unspecified atom stereocenters. The predicted molar refractivity (Wildman–Crippen MR) is 69.6 cm³/mol. The highest BCUT2D eigenvalue weighted by atomic mass is 16.1. The molecule has 0 aliphatic carbocycles. The number of hydrogen-bond donors (Lipinski definition) is 1. The van der Waals surface area contributed by atoms with Crippen molar-refractivity contribution in [2.24, 2.45) is 0 Å². The van der Waals surface area contributed by atoms with Crippen LogP contribution in [-0.4, -0.2) is 13.0 Å². The van der Waals surface area contributed by atoms with Gasteiger partial charge in [-0.3, -0.25) is 4.79 Å². The maximum atomic E-state index is 11.3. The third kappa shape index (κ3) is 2.94. The summed E-state index contributed by atoms with van der Waals surface area (Å²) in [7, 11) is 1.66. The van der Waals surface area contributed by atoms with Gasteiger partial charge >= 0.3 is 0 Å². The van der Waals surface area contributed by atoms with Gasteiger partial charge in [-0.25, -0.2) is 0 Å². The summed E-state index contributed by atoms with van der Waals surface area (Å²) in [5, 5.41) is 2.63. The van der Waals surface area contributed by atoms with Gasteiger partial charge in [0.25, 0.3) is 0 Å². The molecular weight excluding hydrogens is 210 g/mol. The van der Waals surface area contributed by atoms with E-state index in [2.05, 4.69) is 29.6 Å². The number of nitrogens with one attached hydrogen (secondary N) is 1. The molecule has 0 bridgehead atoms. The fourth-order valence-electron chi connectivity index (χ4n) is 1.77. The summed E-state index contributed by atoms with van der Waals surface area (Å²) < 4.78 is 0. The molecule has 17 heavy (non-hydrogen) atoms. The van der Waals surface area contributed by atoms with E-state index in [0.29, 0.717) is 6.42 Å². The third-order valence-electron chi connectivity index (χ3n) is 2.68. The van der Waals surface area contributed by atoms with E-state index in [-0.39, 0.29) is 5.91 Å². The minimum Gasteiger partial charge on any atom is -0.359 e. The number of carbonyl (C=O) groups is 1. The summed E-state index contributed by atoms with van der Waals surface area (Å²) >= 11 is 0. The Morgan fingerprint density at radius 3 is 2.41 bits per heavy atom. The molecule has 86 valence electrons. The highest BCUT2D eigenvalue weighted by molar-refractivity contribution is 5.79.